The predicted molar refractivity (Wildman–Crippen MR) is 137 cm³/mol. The van der Waals surface area contributed by atoms with Gasteiger partial charge in [-0.15, -0.1) is 0 Å². The van der Waals surface area contributed by atoms with Crippen LogP contribution in [0.2, 0.25) is 0 Å². The van der Waals surface area contributed by atoms with Gasteiger partial charge in [-0.2, -0.15) is 4.99 Å². The lowest BCUT2D eigenvalue weighted by molar-refractivity contribution is -0.145. The SMILES string of the molecule is CCCCCCCCCCCCCCCCCCOC(=O)C(Cc1ccc(C)cc1)N=C=O. The molecule has 0 fully saturated rings. The van der Waals surface area contributed by atoms with Crippen molar-refractivity contribution in [2.45, 2.75) is 129 Å². The Bertz CT molecular complexity index is 649. The van der Waals surface area contributed by atoms with E-state index in [2.05, 4.69) is 11.9 Å². The van der Waals surface area contributed by atoms with Gasteiger partial charge in [-0.1, -0.05) is 133 Å². The van der Waals surface area contributed by atoms with Gasteiger partial charge < -0.3 is 4.74 Å². The number of carbonyl (C=O) groups is 1. The summed E-state index contributed by atoms with van der Waals surface area (Å²) >= 11 is 0. The fourth-order valence-corrected chi connectivity index (χ4v) is 4.11. The van der Waals surface area contributed by atoms with Crippen LogP contribution in [0.25, 0.3) is 0 Å². The molecule has 0 aromatic heterocycles. The number of benzene rings is 1. The standard InChI is InChI=1S/C29H47NO3/c1-3-4-5-6-7-8-9-10-11-12-13-14-15-16-17-18-23-33-29(32)28(30-25-31)24-27-21-19-26(2)20-22-27/h19-22,28H,3-18,23-24H2,1-2H3. The Balaban J connectivity index is 1.96. The van der Waals surface area contributed by atoms with Crippen molar-refractivity contribution >= 4 is 12.0 Å². The number of nitrogens with zero attached hydrogens (tertiary/aromatic N) is 1. The average Bonchev–Trinajstić information content (AvgIpc) is 2.82. The number of ether oxygens (including phenoxy) is 1. The molecule has 1 unspecified atom stereocenters. The minimum Gasteiger partial charge on any atom is -0.464 e. The van der Waals surface area contributed by atoms with Crippen molar-refractivity contribution in [1.29, 1.82) is 0 Å². The lowest BCUT2D eigenvalue weighted by Crippen LogP contribution is -2.24. The maximum absolute atomic E-state index is 12.3. The normalized spacial score (nSPS) is 11.7. The molecule has 33 heavy (non-hydrogen) atoms. The van der Waals surface area contributed by atoms with Gasteiger partial charge in [-0.25, -0.2) is 9.59 Å². The molecule has 0 aliphatic heterocycles. The summed E-state index contributed by atoms with van der Waals surface area (Å²) in [5.41, 5.74) is 2.12. The van der Waals surface area contributed by atoms with Gasteiger partial charge in [0.25, 0.3) is 0 Å². The van der Waals surface area contributed by atoms with E-state index in [9.17, 15) is 9.59 Å². The van der Waals surface area contributed by atoms with Crippen LogP contribution in [0.1, 0.15) is 121 Å². The number of aliphatic imine (C=N–C) groups is 1. The molecule has 4 nitrogen and oxygen atoms in total. The fourth-order valence-electron chi connectivity index (χ4n) is 4.11. The maximum Gasteiger partial charge on any atom is 0.332 e. The van der Waals surface area contributed by atoms with Gasteiger partial charge in [-0.3, -0.25) is 0 Å². The van der Waals surface area contributed by atoms with Gasteiger partial charge >= 0.3 is 5.97 Å². The summed E-state index contributed by atoms with van der Waals surface area (Å²) in [4.78, 5) is 26.6. The van der Waals surface area contributed by atoms with E-state index in [4.69, 9.17) is 4.74 Å². The van der Waals surface area contributed by atoms with E-state index in [0.717, 1.165) is 24.0 Å². The number of rotatable bonds is 21. The van der Waals surface area contributed by atoms with Crippen molar-refractivity contribution in [2.75, 3.05) is 6.61 Å². The van der Waals surface area contributed by atoms with Crippen LogP contribution < -0.4 is 0 Å². The summed E-state index contributed by atoms with van der Waals surface area (Å²) in [5, 5.41) is 0. The van der Waals surface area contributed by atoms with E-state index in [0.29, 0.717) is 13.0 Å². The Morgan fingerprint density at radius 2 is 1.24 bits per heavy atom. The molecule has 0 N–H and O–H groups in total. The average molecular weight is 458 g/mol. The highest BCUT2D eigenvalue weighted by atomic mass is 16.5. The van der Waals surface area contributed by atoms with Crippen LogP contribution >= 0.6 is 0 Å². The highest BCUT2D eigenvalue weighted by Crippen LogP contribution is 2.14. The van der Waals surface area contributed by atoms with Crippen LogP contribution in [0.3, 0.4) is 0 Å². The van der Waals surface area contributed by atoms with E-state index >= 15 is 0 Å². The van der Waals surface area contributed by atoms with Crippen molar-refractivity contribution in [2.24, 2.45) is 4.99 Å². The van der Waals surface area contributed by atoms with Gasteiger partial charge in [0.05, 0.1) is 6.61 Å². The van der Waals surface area contributed by atoms with Gasteiger partial charge in [-0.05, 0) is 18.9 Å². The summed E-state index contributed by atoms with van der Waals surface area (Å²) in [6.07, 6.45) is 22.9. The second-order valence-electron chi connectivity index (χ2n) is 9.40. The molecule has 0 saturated heterocycles. The zero-order valence-electron chi connectivity index (χ0n) is 21.3. The number of hydrogen-bond acceptors (Lipinski definition) is 4. The number of carbonyl (C=O) groups excluding carboxylic acids is 2. The van der Waals surface area contributed by atoms with E-state index in [1.807, 2.05) is 31.2 Å². The summed E-state index contributed by atoms with van der Waals surface area (Å²) in [6, 6.07) is 7.07. The van der Waals surface area contributed by atoms with Crippen molar-refractivity contribution in [1.82, 2.24) is 0 Å². The summed E-state index contributed by atoms with van der Waals surface area (Å²) in [5.74, 6) is -0.431. The maximum atomic E-state index is 12.3. The van der Waals surface area contributed by atoms with Crippen molar-refractivity contribution < 1.29 is 14.3 Å². The fraction of sp³-hybridized carbons (Fsp3) is 0.724. The van der Waals surface area contributed by atoms with Crippen molar-refractivity contribution in [3.8, 4) is 0 Å². The zero-order chi connectivity index (χ0) is 24.0. The molecular formula is C29H47NO3. The molecule has 1 aromatic rings. The zero-order valence-corrected chi connectivity index (χ0v) is 21.3. The topological polar surface area (TPSA) is 55.7 Å². The second kappa shape index (κ2) is 20.7. The Labute approximate surface area is 202 Å². The van der Waals surface area contributed by atoms with Crippen molar-refractivity contribution in [3.05, 3.63) is 35.4 Å². The quantitative estimate of drug-likeness (QED) is 0.0812. The molecule has 0 radical (unpaired) electrons. The Morgan fingerprint density at radius 3 is 1.70 bits per heavy atom. The highest BCUT2D eigenvalue weighted by Gasteiger charge is 2.19. The predicted octanol–water partition coefficient (Wildman–Crippen LogP) is 8.05. The summed E-state index contributed by atoms with van der Waals surface area (Å²) < 4.78 is 5.36. The monoisotopic (exact) mass is 457 g/mol. The highest BCUT2D eigenvalue weighted by molar-refractivity contribution is 5.77. The molecule has 1 aromatic carbocycles. The lowest BCUT2D eigenvalue weighted by atomic mass is 10.0. The molecule has 186 valence electrons. The molecule has 0 aliphatic rings. The Morgan fingerprint density at radius 1 is 0.788 bits per heavy atom. The Hall–Kier alpha value is -1.93. The number of unbranched alkanes of at least 4 members (excludes halogenated alkanes) is 15. The van der Waals surface area contributed by atoms with Crippen molar-refractivity contribution in [3.63, 3.8) is 0 Å². The number of hydrogen-bond donors (Lipinski definition) is 0. The second-order valence-corrected chi connectivity index (χ2v) is 9.40. The van der Waals surface area contributed by atoms with Gasteiger partial charge in [0.2, 0.25) is 6.08 Å². The molecule has 1 rings (SSSR count). The van der Waals surface area contributed by atoms with E-state index in [-0.39, 0.29) is 0 Å². The van der Waals surface area contributed by atoms with Crippen LogP contribution in [-0.2, 0) is 20.7 Å². The van der Waals surface area contributed by atoms with E-state index in [1.165, 1.54) is 96.0 Å². The van der Waals surface area contributed by atoms with Gasteiger partial charge in [0.1, 0.15) is 0 Å². The summed E-state index contributed by atoms with van der Waals surface area (Å²) in [6.45, 7) is 4.68. The molecule has 1 atom stereocenters. The van der Waals surface area contributed by atoms with E-state index < -0.39 is 12.0 Å². The van der Waals surface area contributed by atoms with Crippen LogP contribution in [-0.4, -0.2) is 24.7 Å². The van der Waals surface area contributed by atoms with Gasteiger partial charge in [0.15, 0.2) is 6.04 Å². The van der Waals surface area contributed by atoms with Crippen LogP contribution in [0.5, 0.6) is 0 Å². The van der Waals surface area contributed by atoms with Crippen LogP contribution in [0, 0.1) is 6.92 Å². The molecule has 0 heterocycles. The first kappa shape index (κ1) is 29.1. The first-order chi connectivity index (χ1) is 16.2. The number of esters is 1. The minimum atomic E-state index is -0.800. The summed E-state index contributed by atoms with van der Waals surface area (Å²) in [7, 11) is 0. The third-order valence-corrected chi connectivity index (χ3v) is 6.27. The smallest absolute Gasteiger partial charge is 0.332 e. The van der Waals surface area contributed by atoms with E-state index in [1.54, 1.807) is 0 Å². The molecule has 0 saturated carbocycles. The van der Waals surface area contributed by atoms with Crippen LogP contribution in [0.15, 0.2) is 29.3 Å². The molecule has 0 spiro atoms. The third-order valence-electron chi connectivity index (χ3n) is 6.27. The minimum absolute atomic E-state index is 0.368. The van der Waals surface area contributed by atoms with Gasteiger partial charge in [0, 0.05) is 6.42 Å². The third kappa shape index (κ3) is 16.3. The molecular weight excluding hydrogens is 410 g/mol. The molecule has 4 heteroatoms. The first-order valence-electron chi connectivity index (χ1n) is 13.5. The molecule has 0 aliphatic carbocycles. The number of aryl methyl sites for hydroxylation is 1. The Kier molecular flexibility index (Phi) is 18.2. The first-order valence-corrected chi connectivity index (χ1v) is 13.5. The van der Waals surface area contributed by atoms with Crippen LogP contribution in [0.4, 0.5) is 0 Å². The number of isocyanates is 1. The molecule has 0 amide bonds. The lowest BCUT2D eigenvalue weighted by Gasteiger charge is -2.11. The molecule has 0 bridgehead atoms. The largest absolute Gasteiger partial charge is 0.464 e.